The van der Waals surface area contributed by atoms with E-state index < -0.39 is 0 Å². The van der Waals surface area contributed by atoms with Crippen LogP contribution in [0.3, 0.4) is 0 Å². The third kappa shape index (κ3) is 3.92. The Balaban J connectivity index is 1.60. The lowest BCUT2D eigenvalue weighted by Gasteiger charge is -2.13. The summed E-state index contributed by atoms with van der Waals surface area (Å²) in [5.74, 6) is 0.441. The number of aromatic nitrogens is 4. The summed E-state index contributed by atoms with van der Waals surface area (Å²) in [6, 6.07) is 13.2. The summed E-state index contributed by atoms with van der Waals surface area (Å²) in [5.41, 5.74) is 3.69. The number of carbonyl (C=O) groups excluding carboxylic acids is 1. The fourth-order valence-corrected chi connectivity index (χ4v) is 3.51. The van der Waals surface area contributed by atoms with Gasteiger partial charge in [0.25, 0.3) is 5.56 Å². The summed E-state index contributed by atoms with van der Waals surface area (Å²) < 4.78 is 8.05. The Morgan fingerprint density at radius 2 is 1.94 bits per heavy atom. The average molecular weight is 417 g/mol. The van der Waals surface area contributed by atoms with Crippen LogP contribution in [0.1, 0.15) is 18.1 Å². The Hall–Kier alpha value is -3.94. The van der Waals surface area contributed by atoms with Crippen LogP contribution in [0.2, 0.25) is 0 Å². The smallest absolute Gasteiger partial charge is 0.264 e. The summed E-state index contributed by atoms with van der Waals surface area (Å²) in [7, 11) is 1.60. The van der Waals surface area contributed by atoms with E-state index in [0.717, 1.165) is 34.7 Å². The molecular formula is C23H23N5O3. The van der Waals surface area contributed by atoms with Crippen molar-refractivity contribution in [3.8, 4) is 11.4 Å². The van der Waals surface area contributed by atoms with Crippen LogP contribution in [0.5, 0.6) is 5.75 Å². The zero-order chi connectivity index (χ0) is 22.0. The van der Waals surface area contributed by atoms with E-state index in [1.165, 1.54) is 17.1 Å². The molecular weight excluding hydrogens is 394 g/mol. The van der Waals surface area contributed by atoms with E-state index in [0.29, 0.717) is 11.0 Å². The number of ether oxygens (including phenoxy) is 1. The number of rotatable bonds is 6. The molecule has 158 valence electrons. The molecule has 0 spiro atoms. The van der Waals surface area contributed by atoms with Gasteiger partial charge in [0.1, 0.15) is 24.0 Å². The molecule has 1 N–H and O–H groups in total. The summed E-state index contributed by atoms with van der Waals surface area (Å²) >= 11 is 0. The number of fused-ring (bicyclic) bond motifs is 1. The third-order valence-electron chi connectivity index (χ3n) is 5.19. The lowest BCUT2D eigenvalue weighted by molar-refractivity contribution is -0.116. The molecule has 0 atom stereocenters. The van der Waals surface area contributed by atoms with Crippen LogP contribution >= 0.6 is 0 Å². The summed E-state index contributed by atoms with van der Waals surface area (Å²) in [4.78, 5) is 30.0. The molecule has 0 aliphatic rings. The van der Waals surface area contributed by atoms with Gasteiger partial charge in [-0.15, -0.1) is 0 Å². The first-order chi connectivity index (χ1) is 15.0. The van der Waals surface area contributed by atoms with Crippen molar-refractivity contribution in [3.05, 3.63) is 76.5 Å². The Kier molecular flexibility index (Phi) is 5.53. The molecule has 2 heterocycles. The average Bonchev–Trinajstić information content (AvgIpc) is 3.22. The number of anilines is 1. The molecule has 0 saturated carbocycles. The standard InChI is InChI=1S/C23H23N5O3/c1-4-16-7-5-6-15(2)21(16)26-20(29)13-27-14-24-22-19(23(27)30)12-25-28(22)17-8-10-18(31-3)11-9-17/h5-12,14H,4,13H2,1-3H3,(H,26,29). The molecule has 0 aliphatic carbocycles. The minimum Gasteiger partial charge on any atom is -0.497 e. The fourth-order valence-electron chi connectivity index (χ4n) is 3.51. The summed E-state index contributed by atoms with van der Waals surface area (Å²) in [6.07, 6.45) is 3.65. The third-order valence-corrected chi connectivity index (χ3v) is 5.19. The van der Waals surface area contributed by atoms with Crippen molar-refractivity contribution in [1.29, 1.82) is 0 Å². The lowest BCUT2D eigenvalue weighted by Crippen LogP contribution is -2.28. The van der Waals surface area contributed by atoms with Gasteiger partial charge in [-0.2, -0.15) is 5.10 Å². The topological polar surface area (TPSA) is 91.0 Å². The van der Waals surface area contributed by atoms with Crippen LogP contribution in [0.4, 0.5) is 5.69 Å². The Bertz CT molecular complexity index is 1310. The van der Waals surface area contributed by atoms with Gasteiger partial charge >= 0.3 is 0 Å². The van der Waals surface area contributed by atoms with Crippen LogP contribution in [-0.2, 0) is 17.8 Å². The fraction of sp³-hybridized carbons (Fsp3) is 0.217. The maximum Gasteiger partial charge on any atom is 0.264 e. The Labute approximate surface area is 179 Å². The lowest BCUT2D eigenvalue weighted by atomic mass is 10.1. The molecule has 4 rings (SSSR count). The first kappa shape index (κ1) is 20.3. The highest BCUT2D eigenvalue weighted by atomic mass is 16.5. The molecule has 8 nitrogen and oxygen atoms in total. The van der Waals surface area contributed by atoms with Crippen molar-refractivity contribution < 1.29 is 9.53 Å². The molecule has 0 bridgehead atoms. The summed E-state index contributed by atoms with van der Waals surface area (Å²) in [5, 5.41) is 7.58. The highest BCUT2D eigenvalue weighted by Gasteiger charge is 2.14. The number of hydrogen-bond donors (Lipinski definition) is 1. The Morgan fingerprint density at radius 1 is 1.16 bits per heavy atom. The van der Waals surface area contributed by atoms with Crippen molar-refractivity contribution in [1.82, 2.24) is 19.3 Å². The number of nitrogens with zero attached hydrogens (tertiary/aromatic N) is 4. The van der Waals surface area contributed by atoms with Gasteiger partial charge in [0, 0.05) is 5.69 Å². The normalized spacial score (nSPS) is 10.9. The van der Waals surface area contributed by atoms with Gasteiger partial charge < -0.3 is 10.1 Å². The highest BCUT2D eigenvalue weighted by molar-refractivity contribution is 5.92. The first-order valence-corrected chi connectivity index (χ1v) is 9.97. The van der Waals surface area contributed by atoms with Crippen molar-refractivity contribution in [2.75, 3.05) is 12.4 Å². The minimum absolute atomic E-state index is 0.132. The van der Waals surface area contributed by atoms with Gasteiger partial charge in [0.15, 0.2) is 5.65 Å². The van der Waals surface area contributed by atoms with Gasteiger partial charge in [-0.3, -0.25) is 14.2 Å². The van der Waals surface area contributed by atoms with Crippen LogP contribution in [-0.4, -0.2) is 32.3 Å². The zero-order valence-corrected chi connectivity index (χ0v) is 17.6. The molecule has 31 heavy (non-hydrogen) atoms. The number of carbonyl (C=O) groups is 1. The molecule has 0 saturated heterocycles. The molecule has 0 aliphatic heterocycles. The van der Waals surface area contributed by atoms with Crippen LogP contribution < -0.4 is 15.6 Å². The second-order valence-electron chi connectivity index (χ2n) is 7.18. The van der Waals surface area contributed by atoms with Crippen LogP contribution in [0.15, 0.2) is 59.8 Å². The largest absolute Gasteiger partial charge is 0.497 e. The highest BCUT2D eigenvalue weighted by Crippen LogP contribution is 2.21. The maximum absolute atomic E-state index is 12.9. The van der Waals surface area contributed by atoms with Crippen LogP contribution in [0.25, 0.3) is 16.7 Å². The van der Waals surface area contributed by atoms with Gasteiger partial charge in [-0.25, -0.2) is 9.67 Å². The number of nitrogens with one attached hydrogen (secondary N) is 1. The zero-order valence-electron chi connectivity index (χ0n) is 17.6. The number of methoxy groups -OCH3 is 1. The number of benzene rings is 2. The number of para-hydroxylation sites is 1. The van der Waals surface area contributed by atoms with Gasteiger partial charge in [0.05, 0.1) is 19.0 Å². The van der Waals surface area contributed by atoms with Crippen molar-refractivity contribution in [2.45, 2.75) is 26.8 Å². The quantitative estimate of drug-likeness (QED) is 0.521. The van der Waals surface area contributed by atoms with E-state index >= 15 is 0 Å². The van der Waals surface area contributed by atoms with E-state index in [1.807, 2.05) is 56.3 Å². The molecule has 0 fully saturated rings. The van der Waals surface area contributed by atoms with E-state index in [2.05, 4.69) is 15.4 Å². The minimum atomic E-state index is -0.319. The van der Waals surface area contributed by atoms with E-state index in [4.69, 9.17) is 4.74 Å². The molecule has 0 unspecified atom stereocenters. The first-order valence-electron chi connectivity index (χ1n) is 9.97. The predicted molar refractivity (Wildman–Crippen MR) is 119 cm³/mol. The van der Waals surface area contributed by atoms with E-state index in [-0.39, 0.29) is 18.0 Å². The number of aryl methyl sites for hydroxylation is 2. The molecule has 4 aromatic rings. The van der Waals surface area contributed by atoms with Gasteiger partial charge in [-0.05, 0) is 48.7 Å². The molecule has 2 aromatic heterocycles. The van der Waals surface area contributed by atoms with Gasteiger partial charge in [-0.1, -0.05) is 25.1 Å². The number of hydrogen-bond acceptors (Lipinski definition) is 5. The second-order valence-corrected chi connectivity index (χ2v) is 7.18. The van der Waals surface area contributed by atoms with Crippen LogP contribution in [0, 0.1) is 6.92 Å². The Morgan fingerprint density at radius 3 is 2.65 bits per heavy atom. The molecule has 0 radical (unpaired) electrons. The second kappa shape index (κ2) is 8.43. The molecule has 1 amide bonds. The molecule has 8 heteroatoms. The van der Waals surface area contributed by atoms with Crippen molar-refractivity contribution in [3.63, 3.8) is 0 Å². The molecule has 2 aromatic carbocycles. The number of amides is 1. The van der Waals surface area contributed by atoms with E-state index in [9.17, 15) is 9.59 Å². The van der Waals surface area contributed by atoms with Gasteiger partial charge in [0.2, 0.25) is 5.91 Å². The van der Waals surface area contributed by atoms with Crippen molar-refractivity contribution >= 4 is 22.6 Å². The predicted octanol–water partition coefficient (Wildman–Crippen LogP) is 3.10. The monoisotopic (exact) mass is 417 g/mol. The van der Waals surface area contributed by atoms with Crippen molar-refractivity contribution in [2.24, 2.45) is 0 Å². The summed E-state index contributed by atoms with van der Waals surface area (Å²) in [6.45, 7) is 3.85. The maximum atomic E-state index is 12.9. The SMILES string of the molecule is CCc1cccc(C)c1NC(=O)Cn1cnc2c(cnn2-c2ccc(OC)cc2)c1=O. The van der Waals surface area contributed by atoms with E-state index in [1.54, 1.807) is 11.8 Å².